The van der Waals surface area contributed by atoms with Gasteiger partial charge in [-0.3, -0.25) is 9.55 Å². The van der Waals surface area contributed by atoms with Crippen LogP contribution in [0.5, 0.6) is 11.5 Å². The van der Waals surface area contributed by atoms with Crippen LogP contribution < -0.4 is 34.9 Å². The summed E-state index contributed by atoms with van der Waals surface area (Å²) in [5, 5.41) is 23.5. The largest absolute Gasteiger partial charge is 1.00 e. The van der Waals surface area contributed by atoms with Gasteiger partial charge in [-0.1, -0.05) is 42.5 Å². The number of hydrogen-bond donors (Lipinski definition) is 4. The summed E-state index contributed by atoms with van der Waals surface area (Å²) in [6.45, 7) is 7.07. The molecule has 0 atom stereocenters. The minimum absolute atomic E-state index is 0. The predicted molar refractivity (Wildman–Crippen MR) is 253 cm³/mol. The molecular formula is C43H35Br4N2NaO11S3. The molecule has 1 aliphatic heterocycles. The molecule has 0 bridgehead atoms. The van der Waals surface area contributed by atoms with Gasteiger partial charge in [0.05, 0.1) is 28.5 Å². The van der Waals surface area contributed by atoms with E-state index >= 15 is 0 Å². The average molecular weight is 1190 g/mol. The molecule has 1 aliphatic carbocycles. The summed E-state index contributed by atoms with van der Waals surface area (Å²) in [5.41, 5.74) is 4.09. The maximum atomic E-state index is 12.9. The Labute approximate surface area is 426 Å². The van der Waals surface area contributed by atoms with Crippen LogP contribution in [0, 0.1) is 0 Å². The van der Waals surface area contributed by atoms with Crippen molar-refractivity contribution in [3.05, 3.63) is 166 Å². The molecule has 0 aromatic heterocycles. The molecule has 0 fully saturated rings. The number of allylic oxidation sites excluding steroid dienone is 5. The van der Waals surface area contributed by atoms with E-state index in [-0.39, 0.29) is 51.5 Å². The number of halogens is 4. The second-order valence-corrected chi connectivity index (χ2v) is 21.5. The first-order valence-corrected chi connectivity index (χ1v) is 26.0. The zero-order chi connectivity index (χ0) is 46.2. The summed E-state index contributed by atoms with van der Waals surface area (Å²) in [5.74, 6) is -0.0442. The van der Waals surface area contributed by atoms with Crippen molar-refractivity contribution in [2.45, 2.75) is 41.1 Å². The Kier molecular flexibility index (Phi) is 16.7. The van der Waals surface area contributed by atoms with Crippen LogP contribution in [0.15, 0.2) is 158 Å². The molecule has 2 aliphatic rings. The van der Waals surface area contributed by atoms with Crippen molar-refractivity contribution in [3.8, 4) is 11.5 Å². The van der Waals surface area contributed by atoms with Gasteiger partial charge in [-0.25, -0.2) is 12.6 Å². The Morgan fingerprint density at radius 1 is 0.812 bits per heavy atom. The zero-order valence-corrected chi connectivity index (χ0v) is 44.9. The summed E-state index contributed by atoms with van der Waals surface area (Å²) in [7, 11) is -13.9. The van der Waals surface area contributed by atoms with Crippen LogP contribution in [0.1, 0.15) is 48.6 Å². The van der Waals surface area contributed by atoms with Gasteiger partial charge in [0, 0.05) is 29.9 Å². The third-order valence-corrected chi connectivity index (χ3v) is 15.3. The van der Waals surface area contributed by atoms with Gasteiger partial charge in [-0.2, -0.15) is 16.8 Å². The molecule has 0 saturated carbocycles. The molecule has 7 rings (SSSR count). The van der Waals surface area contributed by atoms with Gasteiger partial charge in [-0.05, 0) is 185 Å². The molecule has 4 N–H and O–H groups in total. The third kappa shape index (κ3) is 10.7. The van der Waals surface area contributed by atoms with E-state index in [9.17, 15) is 44.6 Å². The van der Waals surface area contributed by atoms with Crippen LogP contribution in [-0.4, -0.2) is 63.4 Å². The molecule has 1 heterocycles. The minimum atomic E-state index is -4.94. The quantitative estimate of drug-likeness (QED) is 0.0654. The van der Waals surface area contributed by atoms with Crippen molar-refractivity contribution in [2.24, 2.45) is 4.99 Å². The number of rotatable bonds is 9. The number of hydrogen-bond acceptors (Lipinski definition) is 12. The van der Waals surface area contributed by atoms with Gasteiger partial charge in [0.2, 0.25) is 0 Å². The average Bonchev–Trinajstić information content (AvgIpc) is 3.47. The third-order valence-electron chi connectivity index (χ3n) is 9.77. The van der Waals surface area contributed by atoms with Crippen LogP contribution in [0.3, 0.4) is 0 Å². The number of aliphatic imine (C=N–C) groups is 1. The number of phenols is 2. The van der Waals surface area contributed by atoms with Crippen molar-refractivity contribution < 1.29 is 78.3 Å². The maximum absolute atomic E-state index is 12.9. The van der Waals surface area contributed by atoms with Gasteiger partial charge < -0.3 is 20.1 Å². The molecule has 0 radical (unpaired) electrons. The minimum Gasteiger partial charge on any atom is -0.744 e. The van der Waals surface area contributed by atoms with Gasteiger partial charge >= 0.3 is 29.6 Å². The monoisotopic (exact) mass is 1190 g/mol. The smallest absolute Gasteiger partial charge is 0.744 e. The Hall–Kier alpha value is -2.96. The van der Waals surface area contributed by atoms with E-state index in [0.29, 0.717) is 63.9 Å². The van der Waals surface area contributed by atoms with Gasteiger partial charge in [0.15, 0.2) is 5.60 Å². The number of nitrogens with one attached hydrogen (secondary N) is 1. The second kappa shape index (κ2) is 20.5. The summed E-state index contributed by atoms with van der Waals surface area (Å²) in [6, 6.07) is 23.1. The molecule has 5 aromatic carbocycles. The molecule has 13 nitrogen and oxygen atoms in total. The fraction of sp³-hybridized carbons (Fsp3) is 0.140. The van der Waals surface area contributed by atoms with Gasteiger partial charge in [-0.15, -0.1) is 0 Å². The predicted octanol–water partition coefficient (Wildman–Crippen LogP) is 7.21. The molecule has 330 valence electrons. The van der Waals surface area contributed by atoms with E-state index in [4.69, 9.17) is 4.18 Å². The van der Waals surface area contributed by atoms with Crippen LogP contribution in [-0.2, 0) is 40.1 Å². The molecule has 5 aromatic rings. The SMILES string of the molecule is CCN=C1C=C/C(=C(/c2ccc(NCC)cc2)c2ccc(S(=O)(=O)[O-])cc2S(=O)(=O)O)C=C1C.O=S1(=O)OC(c2cc(Br)c(O)c(Br)c2)(c2cc(Br)c(O)c(Br)c2)c2ccccc21.[Na+]. The van der Waals surface area contributed by atoms with E-state index < -0.39 is 45.7 Å². The van der Waals surface area contributed by atoms with E-state index in [1.807, 2.05) is 45.1 Å². The molecular weight excluding hydrogens is 1160 g/mol. The summed E-state index contributed by atoms with van der Waals surface area (Å²) in [4.78, 5) is 3.06. The fourth-order valence-corrected chi connectivity index (χ4v) is 12.1. The number of benzene rings is 5. The van der Waals surface area contributed by atoms with Crippen LogP contribution in [0.25, 0.3) is 5.57 Å². The first kappa shape index (κ1) is 52.0. The van der Waals surface area contributed by atoms with E-state index in [2.05, 4.69) is 74.0 Å². The van der Waals surface area contributed by atoms with Crippen molar-refractivity contribution in [1.29, 1.82) is 0 Å². The van der Waals surface area contributed by atoms with E-state index in [0.717, 1.165) is 29.6 Å². The molecule has 0 spiro atoms. The topological polar surface area (TPSA) is 220 Å². The Bertz CT molecular complexity index is 3040. The zero-order valence-electron chi connectivity index (χ0n) is 34.1. The Balaban J connectivity index is 0.000000240. The van der Waals surface area contributed by atoms with Crippen LogP contribution in [0.4, 0.5) is 5.69 Å². The number of nitrogens with zero attached hydrogens (tertiary/aromatic N) is 1. The van der Waals surface area contributed by atoms with Gasteiger partial charge in [0.25, 0.3) is 20.2 Å². The number of phenolic OH excluding ortho intramolecular Hbond substituents is 2. The van der Waals surface area contributed by atoms with Crippen LogP contribution >= 0.6 is 63.7 Å². The standard InChI is InChI=1S/C24H26N2O6S2.C19H10Br4O5S.Na/c1-4-25-19-9-6-17(7-10-19)24(18-8-13-22(26-5-2)16(3)14-18)21-12-11-20(33(27,28)29)15-23(21)34(30,31)32;20-12-5-9(6-13(21)17(12)24)19(10-7-14(22)18(25)15(23)8-10)11-3-1-2-4-16(11)29(26,27)28-19;/h6-15,25H,4-5H2,1-3H3,(H,27,28,29)(H,30,31,32);1-8,24-25H;/q;;+1/p-1/b24-18+,26-22?;;. The van der Waals surface area contributed by atoms with E-state index in [1.54, 1.807) is 60.7 Å². The number of anilines is 1. The van der Waals surface area contributed by atoms with Crippen molar-refractivity contribution in [1.82, 2.24) is 0 Å². The molecule has 0 saturated heterocycles. The molecule has 0 amide bonds. The number of fused-ring (bicyclic) bond motifs is 1. The Morgan fingerprint density at radius 3 is 1.84 bits per heavy atom. The first-order valence-electron chi connectivity index (χ1n) is 18.5. The fourth-order valence-electron chi connectivity index (χ4n) is 7.01. The molecule has 64 heavy (non-hydrogen) atoms. The van der Waals surface area contributed by atoms with Crippen molar-refractivity contribution in [2.75, 3.05) is 18.4 Å². The summed E-state index contributed by atoms with van der Waals surface area (Å²) >= 11 is 13.2. The van der Waals surface area contributed by atoms with Crippen molar-refractivity contribution >= 4 is 111 Å². The Morgan fingerprint density at radius 2 is 1.36 bits per heavy atom. The first-order chi connectivity index (χ1) is 29.5. The summed E-state index contributed by atoms with van der Waals surface area (Å²) in [6.07, 6.45) is 5.43. The van der Waals surface area contributed by atoms with Crippen molar-refractivity contribution in [3.63, 3.8) is 0 Å². The maximum Gasteiger partial charge on any atom is 1.00 e. The summed E-state index contributed by atoms with van der Waals surface area (Å²) < 4.78 is 102. The van der Waals surface area contributed by atoms with Crippen LogP contribution in [0.2, 0.25) is 0 Å². The van der Waals surface area contributed by atoms with Gasteiger partial charge in [0.1, 0.15) is 31.4 Å². The van der Waals surface area contributed by atoms with E-state index in [1.165, 1.54) is 12.1 Å². The second-order valence-electron chi connectivity index (χ2n) is 13.8. The normalized spacial score (nSPS) is 16.5. The molecule has 0 unspecified atom stereocenters. The number of aromatic hydroxyl groups is 2. The molecule has 21 heteroatoms.